The maximum absolute atomic E-state index is 13.2. The first kappa shape index (κ1) is 15.8. The lowest BCUT2D eigenvalue weighted by Gasteiger charge is -2.56. The van der Waals surface area contributed by atoms with E-state index in [1.165, 1.54) is 11.1 Å². The minimum Gasteiger partial charge on any atom is -0.299 e. The van der Waals surface area contributed by atoms with Crippen LogP contribution in [0.2, 0.25) is 0 Å². The van der Waals surface area contributed by atoms with Gasteiger partial charge in [0.2, 0.25) is 0 Å². The monoisotopic (exact) mass is 323 g/mol. The van der Waals surface area contributed by atoms with Crippen molar-refractivity contribution >= 4 is 11.6 Å². The van der Waals surface area contributed by atoms with Crippen molar-refractivity contribution in [1.29, 1.82) is 5.26 Å². The van der Waals surface area contributed by atoms with Crippen molar-refractivity contribution in [1.82, 2.24) is 0 Å². The lowest BCUT2D eigenvalue weighted by molar-refractivity contribution is -0.142. The van der Waals surface area contributed by atoms with E-state index in [1.807, 2.05) is 6.08 Å². The van der Waals surface area contributed by atoms with Gasteiger partial charge in [-0.05, 0) is 60.8 Å². The van der Waals surface area contributed by atoms with E-state index in [0.717, 1.165) is 32.1 Å². The van der Waals surface area contributed by atoms with Crippen LogP contribution in [0.3, 0.4) is 0 Å². The van der Waals surface area contributed by atoms with Gasteiger partial charge in [0.25, 0.3) is 0 Å². The molecule has 4 aliphatic carbocycles. The van der Waals surface area contributed by atoms with Crippen LogP contribution >= 0.6 is 0 Å². The molecular weight excluding hydrogens is 298 g/mol. The van der Waals surface area contributed by atoms with Gasteiger partial charge in [0.05, 0.1) is 6.07 Å². The molecule has 0 radical (unpaired) electrons. The average molecular weight is 323 g/mol. The molecule has 126 valence electrons. The molecule has 0 aliphatic heterocycles. The van der Waals surface area contributed by atoms with Crippen molar-refractivity contribution in [3.05, 3.63) is 23.3 Å². The third-order valence-electron chi connectivity index (χ3n) is 7.74. The first-order valence-electron chi connectivity index (χ1n) is 9.26. The molecule has 0 aromatic rings. The maximum atomic E-state index is 13.2. The zero-order valence-electron chi connectivity index (χ0n) is 14.6. The number of carbonyl (C=O) groups is 2. The van der Waals surface area contributed by atoms with Gasteiger partial charge in [-0.15, -0.1) is 0 Å². The number of Topliss-reactive ketones (excluding diaryl/α,β-unsaturated/α-hetero) is 1. The molecule has 0 N–H and O–H groups in total. The van der Waals surface area contributed by atoms with Gasteiger partial charge in [0.15, 0.2) is 5.78 Å². The molecule has 0 aromatic carbocycles. The molecule has 1 unspecified atom stereocenters. The van der Waals surface area contributed by atoms with Crippen molar-refractivity contribution in [3.8, 4) is 6.07 Å². The fourth-order valence-electron chi connectivity index (χ4n) is 6.55. The largest absolute Gasteiger partial charge is 0.299 e. The van der Waals surface area contributed by atoms with E-state index in [9.17, 15) is 9.59 Å². The van der Waals surface area contributed by atoms with E-state index in [-0.39, 0.29) is 22.5 Å². The molecule has 0 aromatic heterocycles. The number of hydrogen-bond acceptors (Lipinski definition) is 3. The summed E-state index contributed by atoms with van der Waals surface area (Å²) in [5.41, 5.74) is 2.18. The van der Waals surface area contributed by atoms with Crippen molar-refractivity contribution in [3.63, 3.8) is 0 Å². The van der Waals surface area contributed by atoms with Gasteiger partial charge in [0, 0.05) is 24.8 Å². The normalized spacial score (nSPS) is 46.0. The second-order valence-electron chi connectivity index (χ2n) is 8.74. The molecule has 24 heavy (non-hydrogen) atoms. The van der Waals surface area contributed by atoms with Crippen LogP contribution in [0.4, 0.5) is 0 Å². The Morgan fingerprint density at radius 1 is 1.17 bits per heavy atom. The molecule has 0 saturated heterocycles. The molecule has 0 bridgehead atoms. The van der Waals surface area contributed by atoms with Gasteiger partial charge >= 0.3 is 0 Å². The second kappa shape index (κ2) is 5.15. The van der Waals surface area contributed by atoms with E-state index in [4.69, 9.17) is 5.26 Å². The minimum absolute atomic E-state index is 0.0742. The summed E-state index contributed by atoms with van der Waals surface area (Å²) in [7, 11) is 0. The molecule has 4 rings (SSSR count). The first-order chi connectivity index (χ1) is 11.4. The topological polar surface area (TPSA) is 57.9 Å². The van der Waals surface area contributed by atoms with Crippen molar-refractivity contribution in [2.75, 3.05) is 0 Å². The van der Waals surface area contributed by atoms with Crippen LogP contribution in [0, 0.1) is 39.9 Å². The van der Waals surface area contributed by atoms with Crippen LogP contribution in [-0.2, 0) is 9.59 Å². The van der Waals surface area contributed by atoms with Crippen LogP contribution in [0.1, 0.15) is 58.8 Å². The molecule has 3 saturated carbocycles. The Kier molecular flexibility index (Phi) is 3.39. The Bertz CT molecular complexity index is 725. The zero-order valence-corrected chi connectivity index (χ0v) is 14.6. The second-order valence-corrected chi connectivity index (χ2v) is 8.74. The number of carbonyl (C=O) groups excluding carboxylic acids is 2. The molecule has 3 nitrogen and oxygen atoms in total. The first-order valence-corrected chi connectivity index (χ1v) is 9.26. The zero-order chi connectivity index (χ0) is 17.1. The Hall–Kier alpha value is -1.69. The van der Waals surface area contributed by atoms with Gasteiger partial charge in [0.1, 0.15) is 5.78 Å². The third-order valence-corrected chi connectivity index (χ3v) is 7.74. The fraction of sp³-hybridized carbons (Fsp3) is 0.667. The number of fused-ring (bicyclic) bond motifs is 5. The number of hydrogen-bond donors (Lipinski definition) is 0. The summed E-state index contributed by atoms with van der Waals surface area (Å²) in [4.78, 5) is 25.1. The Morgan fingerprint density at radius 3 is 2.71 bits per heavy atom. The number of ketones is 2. The SMILES string of the molecule is CC12CCC(=O)C=C1CC[C@@H]1[C@@H]2C(=O)C[C@]2(C)/C(=C\C#N)CC[C@@H]12. The standard InChI is InChI=1S/C21H25NO2/c1-20-9-7-15(23)11-14(20)3-5-16-17-6-4-13(8-10-22)21(17,2)12-18(24)19(16)20/h8,11,16-17,19H,3-7,9,12H2,1-2H3/b13-8-/t16-,17-,19+,20?,21+/m0/s1. The van der Waals surface area contributed by atoms with Gasteiger partial charge < -0.3 is 0 Å². The molecule has 3 heteroatoms. The Balaban J connectivity index is 1.76. The lowest BCUT2D eigenvalue weighted by atomic mass is 9.47. The van der Waals surface area contributed by atoms with Crippen molar-refractivity contribution in [2.24, 2.45) is 28.6 Å². The van der Waals surface area contributed by atoms with Crippen molar-refractivity contribution in [2.45, 2.75) is 58.8 Å². The van der Waals surface area contributed by atoms with Gasteiger partial charge in [-0.2, -0.15) is 5.26 Å². The maximum Gasteiger partial charge on any atom is 0.155 e. The van der Waals surface area contributed by atoms with Crippen molar-refractivity contribution < 1.29 is 9.59 Å². The molecule has 0 heterocycles. The molecule has 0 amide bonds. The minimum atomic E-state index is -0.115. The van der Waals surface area contributed by atoms with Crippen LogP contribution in [0.25, 0.3) is 0 Å². The molecule has 0 spiro atoms. The molecule has 4 aliphatic rings. The number of allylic oxidation sites excluding steroid dienone is 3. The highest BCUT2D eigenvalue weighted by Gasteiger charge is 2.60. The van der Waals surface area contributed by atoms with E-state index in [1.54, 1.807) is 6.08 Å². The van der Waals surface area contributed by atoms with E-state index in [0.29, 0.717) is 30.5 Å². The van der Waals surface area contributed by atoms with Crippen LogP contribution in [0.15, 0.2) is 23.3 Å². The molecular formula is C21H25NO2. The molecule has 5 atom stereocenters. The molecule has 3 fully saturated rings. The summed E-state index contributed by atoms with van der Waals surface area (Å²) >= 11 is 0. The van der Waals surface area contributed by atoms with Crippen LogP contribution in [0.5, 0.6) is 0 Å². The Morgan fingerprint density at radius 2 is 1.96 bits per heavy atom. The fourth-order valence-corrected chi connectivity index (χ4v) is 6.55. The van der Waals surface area contributed by atoms with E-state index in [2.05, 4.69) is 19.9 Å². The highest BCUT2D eigenvalue weighted by atomic mass is 16.1. The summed E-state index contributed by atoms with van der Waals surface area (Å²) in [6.07, 6.45) is 9.57. The average Bonchev–Trinajstić information content (AvgIpc) is 2.84. The highest BCUT2D eigenvalue weighted by Crippen LogP contribution is 2.65. The number of rotatable bonds is 0. The summed E-state index contributed by atoms with van der Waals surface area (Å²) in [5, 5.41) is 9.10. The van der Waals surface area contributed by atoms with E-state index >= 15 is 0 Å². The summed E-state index contributed by atoms with van der Waals surface area (Å²) in [6.45, 7) is 4.43. The Labute approximate surface area is 143 Å². The van der Waals surface area contributed by atoms with Gasteiger partial charge in [-0.25, -0.2) is 0 Å². The third kappa shape index (κ3) is 1.95. The van der Waals surface area contributed by atoms with Gasteiger partial charge in [-0.1, -0.05) is 25.0 Å². The number of nitriles is 1. The smallest absolute Gasteiger partial charge is 0.155 e. The van der Waals surface area contributed by atoms with E-state index < -0.39 is 0 Å². The lowest BCUT2D eigenvalue weighted by Crippen LogP contribution is -2.54. The van der Waals surface area contributed by atoms with Gasteiger partial charge in [-0.3, -0.25) is 9.59 Å². The summed E-state index contributed by atoms with van der Waals surface area (Å²) < 4.78 is 0. The highest BCUT2D eigenvalue weighted by molar-refractivity contribution is 5.93. The van der Waals surface area contributed by atoms with Crippen LogP contribution < -0.4 is 0 Å². The predicted molar refractivity (Wildman–Crippen MR) is 90.8 cm³/mol. The number of nitrogens with zero attached hydrogens (tertiary/aromatic N) is 1. The predicted octanol–water partition coefficient (Wildman–Crippen LogP) is 4.15. The summed E-state index contributed by atoms with van der Waals surface area (Å²) in [6, 6.07) is 2.19. The van der Waals surface area contributed by atoms with Crippen LogP contribution in [-0.4, -0.2) is 11.6 Å². The quantitative estimate of drug-likeness (QED) is 0.629. The summed E-state index contributed by atoms with van der Waals surface area (Å²) in [5.74, 6) is 1.60.